The van der Waals surface area contributed by atoms with Crippen LogP contribution in [0.3, 0.4) is 0 Å². The third-order valence-electron chi connectivity index (χ3n) is 3.92. The summed E-state index contributed by atoms with van der Waals surface area (Å²) in [6.07, 6.45) is 0. The van der Waals surface area contributed by atoms with E-state index in [9.17, 15) is 9.59 Å². The molecule has 23 heavy (non-hydrogen) atoms. The number of aryl methyl sites for hydroxylation is 1. The summed E-state index contributed by atoms with van der Waals surface area (Å²) in [6.45, 7) is 3.61. The lowest BCUT2D eigenvalue weighted by atomic mass is 10.1. The summed E-state index contributed by atoms with van der Waals surface area (Å²) in [7, 11) is 0. The molecule has 0 unspecified atom stereocenters. The molecule has 0 fully saturated rings. The average Bonchev–Trinajstić information content (AvgIpc) is 2.78. The van der Waals surface area contributed by atoms with Crippen LogP contribution in [0.25, 0.3) is 10.9 Å². The number of nitrogens with zero attached hydrogens (tertiary/aromatic N) is 1. The van der Waals surface area contributed by atoms with Gasteiger partial charge in [-0.15, -0.1) is 0 Å². The first-order valence-corrected chi connectivity index (χ1v) is 7.50. The molecular weight excluding hydrogens is 312 g/mol. The molecule has 0 atom stereocenters. The monoisotopic (exact) mass is 326 g/mol. The second-order valence-corrected chi connectivity index (χ2v) is 5.87. The van der Waals surface area contributed by atoms with Crippen molar-refractivity contribution in [2.75, 3.05) is 0 Å². The van der Waals surface area contributed by atoms with Crippen LogP contribution < -0.4 is 5.73 Å². The van der Waals surface area contributed by atoms with E-state index in [1.54, 1.807) is 31.2 Å². The van der Waals surface area contributed by atoms with Gasteiger partial charge in [0.15, 0.2) is 0 Å². The zero-order chi connectivity index (χ0) is 16.7. The van der Waals surface area contributed by atoms with E-state index < -0.39 is 5.91 Å². The van der Waals surface area contributed by atoms with Crippen LogP contribution in [0.15, 0.2) is 42.5 Å². The minimum atomic E-state index is -0.555. The van der Waals surface area contributed by atoms with E-state index in [1.807, 2.05) is 25.1 Å². The van der Waals surface area contributed by atoms with Crippen molar-refractivity contribution in [3.63, 3.8) is 0 Å². The Balaban J connectivity index is 2.30. The first-order valence-electron chi connectivity index (χ1n) is 7.12. The van der Waals surface area contributed by atoms with Crippen molar-refractivity contribution < 1.29 is 9.59 Å². The molecule has 0 spiro atoms. The molecule has 1 aromatic heterocycles. The van der Waals surface area contributed by atoms with Crippen LogP contribution in [0, 0.1) is 13.8 Å². The van der Waals surface area contributed by atoms with Crippen molar-refractivity contribution in [3.8, 4) is 0 Å². The number of fused-ring (bicyclic) bond motifs is 1. The maximum atomic E-state index is 13.0. The molecule has 0 aliphatic carbocycles. The van der Waals surface area contributed by atoms with Crippen LogP contribution in [0.5, 0.6) is 0 Å². The number of aromatic nitrogens is 1. The van der Waals surface area contributed by atoms with Crippen molar-refractivity contribution >= 4 is 34.3 Å². The number of hydrogen-bond acceptors (Lipinski definition) is 2. The normalized spacial score (nSPS) is 10.9. The van der Waals surface area contributed by atoms with Gasteiger partial charge in [-0.1, -0.05) is 35.9 Å². The molecule has 116 valence electrons. The van der Waals surface area contributed by atoms with E-state index in [1.165, 1.54) is 4.57 Å². The third-order valence-corrected chi connectivity index (χ3v) is 4.23. The van der Waals surface area contributed by atoms with Crippen LogP contribution in [-0.4, -0.2) is 16.4 Å². The molecule has 0 aliphatic heterocycles. The number of benzene rings is 2. The van der Waals surface area contributed by atoms with Crippen LogP contribution in [0.4, 0.5) is 0 Å². The van der Waals surface area contributed by atoms with Gasteiger partial charge in [0, 0.05) is 11.1 Å². The van der Waals surface area contributed by atoms with Gasteiger partial charge in [-0.05, 0) is 37.6 Å². The first-order chi connectivity index (χ1) is 10.9. The molecule has 1 heterocycles. The maximum Gasteiger partial charge on any atom is 0.264 e. The Bertz CT molecular complexity index is 957. The van der Waals surface area contributed by atoms with Crippen LogP contribution in [-0.2, 0) is 0 Å². The number of nitrogens with two attached hydrogens (primary N) is 1. The van der Waals surface area contributed by atoms with E-state index in [4.69, 9.17) is 17.3 Å². The van der Waals surface area contributed by atoms with Gasteiger partial charge in [-0.3, -0.25) is 14.2 Å². The summed E-state index contributed by atoms with van der Waals surface area (Å²) >= 11 is 6.22. The molecule has 1 amide bonds. The van der Waals surface area contributed by atoms with E-state index in [0.29, 0.717) is 32.7 Å². The van der Waals surface area contributed by atoms with Gasteiger partial charge in [-0.2, -0.15) is 0 Å². The van der Waals surface area contributed by atoms with Crippen molar-refractivity contribution in [1.29, 1.82) is 0 Å². The molecule has 0 radical (unpaired) electrons. The summed E-state index contributed by atoms with van der Waals surface area (Å²) in [5.41, 5.74) is 8.36. The lowest BCUT2D eigenvalue weighted by molar-refractivity contribution is 0.0963. The molecular formula is C18H15ClN2O2. The number of primary amides is 1. The number of carbonyl (C=O) groups is 2. The van der Waals surface area contributed by atoms with Crippen LogP contribution in [0.2, 0.25) is 5.02 Å². The SMILES string of the molecule is Cc1ccc(C(=O)n2c(C)c(C(N)=O)c3ccccc32)c(Cl)c1. The maximum absolute atomic E-state index is 13.0. The summed E-state index contributed by atoms with van der Waals surface area (Å²) in [6, 6.07) is 12.4. The minimum absolute atomic E-state index is 0.281. The topological polar surface area (TPSA) is 65.1 Å². The van der Waals surface area contributed by atoms with Crippen LogP contribution >= 0.6 is 11.6 Å². The second-order valence-electron chi connectivity index (χ2n) is 5.47. The summed E-state index contributed by atoms with van der Waals surface area (Å²) in [5, 5.41) is 1.04. The fourth-order valence-electron chi connectivity index (χ4n) is 2.85. The number of amides is 1. The highest BCUT2D eigenvalue weighted by Crippen LogP contribution is 2.28. The van der Waals surface area contributed by atoms with E-state index in [2.05, 4.69) is 0 Å². The number of carbonyl (C=O) groups excluding carboxylic acids is 2. The Morgan fingerprint density at radius 2 is 1.78 bits per heavy atom. The molecule has 4 nitrogen and oxygen atoms in total. The highest BCUT2D eigenvalue weighted by molar-refractivity contribution is 6.34. The summed E-state index contributed by atoms with van der Waals surface area (Å²) in [5.74, 6) is -0.837. The predicted octanol–water partition coefficient (Wildman–Crippen LogP) is 3.70. The Hall–Kier alpha value is -2.59. The van der Waals surface area contributed by atoms with Crippen molar-refractivity contribution in [2.45, 2.75) is 13.8 Å². The number of para-hydroxylation sites is 1. The molecule has 2 aromatic carbocycles. The Morgan fingerprint density at radius 1 is 1.09 bits per heavy atom. The minimum Gasteiger partial charge on any atom is -0.366 e. The lowest BCUT2D eigenvalue weighted by Crippen LogP contribution is -2.17. The molecule has 3 rings (SSSR count). The highest BCUT2D eigenvalue weighted by atomic mass is 35.5. The van der Waals surface area contributed by atoms with Crippen molar-refractivity contribution in [1.82, 2.24) is 4.57 Å². The van der Waals surface area contributed by atoms with Gasteiger partial charge >= 0.3 is 0 Å². The van der Waals surface area contributed by atoms with Gasteiger partial charge < -0.3 is 5.73 Å². The van der Waals surface area contributed by atoms with E-state index >= 15 is 0 Å². The zero-order valence-electron chi connectivity index (χ0n) is 12.8. The smallest absolute Gasteiger partial charge is 0.264 e. The second kappa shape index (κ2) is 5.56. The molecule has 0 bridgehead atoms. The first kappa shape index (κ1) is 15.3. The van der Waals surface area contributed by atoms with Gasteiger partial charge in [-0.25, -0.2) is 0 Å². The Labute approximate surface area is 138 Å². The molecule has 0 saturated heterocycles. The third kappa shape index (κ3) is 2.41. The molecule has 5 heteroatoms. The number of hydrogen-bond donors (Lipinski definition) is 1. The van der Waals surface area contributed by atoms with E-state index in [-0.39, 0.29) is 5.91 Å². The van der Waals surface area contributed by atoms with Crippen LogP contribution in [0.1, 0.15) is 32.0 Å². The predicted molar refractivity (Wildman–Crippen MR) is 91.1 cm³/mol. The van der Waals surface area contributed by atoms with Gasteiger partial charge in [0.1, 0.15) is 0 Å². The fourth-order valence-corrected chi connectivity index (χ4v) is 3.17. The lowest BCUT2D eigenvalue weighted by Gasteiger charge is -2.09. The van der Waals surface area contributed by atoms with Crippen molar-refractivity contribution in [3.05, 3.63) is 69.9 Å². The molecule has 2 N–H and O–H groups in total. The summed E-state index contributed by atoms with van der Waals surface area (Å²) < 4.78 is 1.49. The largest absolute Gasteiger partial charge is 0.366 e. The summed E-state index contributed by atoms with van der Waals surface area (Å²) in [4.78, 5) is 24.8. The molecule has 0 aliphatic rings. The van der Waals surface area contributed by atoms with Gasteiger partial charge in [0.25, 0.3) is 11.8 Å². The fraction of sp³-hybridized carbons (Fsp3) is 0.111. The molecule has 0 saturated carbocycles. The number of rotatable bonds is 2. The average molecular weight is 327 g/mol. The van der Waals surface area contributed by atoms with E-state index in [0.717, 1.165) is 5.56 Å². The standard InChI is InChI=1S/C18H15ClN2O2/c1-10-7-8-12(14(19)9-10)18(23)21-11(2)16(17(20)22)13-5-3-4-6-15(13)21/h3-9H,1-2H3,(H2,20,22). The highest BCUT2D eigenvalue weighted by Gasteiger charge is 2.23. The van der Waals surface area contributed by atoms with Gasteiger partial charge in [0.05, 0.1) is 21.7 Å². The van der Waals surface area contributed by atoms with Gasteiger partial charge in [0.2, 0.25) is 0 Å². The Kier molecular flexibility index (Phi) is 3.70. The van der Waals surface area contributed by atoms with Crippen molar-refractivity contribution in [2.24, 2.45) is 5.73 Å². The zero-order valence-corrected chi connectivity index (χ0v) is 13.5. The number of halogens is 1. The quantitative estimate of drug-likeness (QED) is 0.780. The Morgan fingerprint density at radius 3 is 2.43 bits per heavy atom. The molecule has 3 aromatic rings.